The summed E-state index contributed by atoms with van der Waals surface area (Å²) in [4.78, 5) is 4.19. The van der Waals surface area contributed by atoms with E-state index in [1.807, 2.05) is 19.2 Å². The van der Waals surface area contributed by atoms with Crippen LogP contribution in [0.2, 0.25) is 0 Å². The van der Waals surface area contributed by atoms with Gasteiger partial charge in [-0.15, -0.1) is 0 Å². The predicted molar refractivity (Wildman–Crippen MR) is 105 cm³/mol. The van der Waals surface area contributed by atoms with Crippen molar-refractivity contribution in [3.8, 4) is 0 Å². The van der Waals surface area contributed by atoms with E-state index in [0.717, 1.165) is 6.54 Å². The smallest absolute Gasteiger partial charge is 0.0360 e. The third kappa shape index (κ3) is 6.99. The van der Waals surface area contributed by atoms with Crippen molar-refractivity contribution in [2.24, 2.45) is 10.4 Å². The minimum absolute atomic E-state index is 0.312. The fourth-order valence-electron chi connectivity index (χ4n) is 2.96. The molecule has 0 saturated carbocycles. The van der Waals surface area contributed by atoms with E-state index in [0.29, 0.717) is 5.41 Å². The van der Waals surface area contributed by atoms with Crippen LogP contribution in [0.15, 0.2) is 63.7 Å². The standard InChI is InChI=1S/C22H33N/c1-7-23-17-15-19(3)11-8-10-18(2)13-14-21-20(4)12-9-16-22(21,5)6/h8,10-11,13-15,17H,7,9,12,16H2,1-6H3/b11-8-,14-13+,18-10+,19-15+,23-17?. The van der Waals surface area contributed by atoms with Gasteiger partial charge in [0.05, 0.1) is 0 Å². The summed E-state index contributed by atoms with van der Waals surface area (Å²) in [6.45, 7) is 14.1. The van der Waals surface area contributed by atoms with E-state index < -0.39 is 0 Å². The summed E-state index contributed by atoms with van der Waals surface area (Å²) >= 11 is 0. The molecule has 0 saturated heterocycles. The third-order valence-corrected chi connectivity index (χ3v) is 4.40. The van der Waals surface area contributed by atoms with Gasteiger partial charge in [0.25, 0.3) is 0 Å². The Morgan fingerprint density at radius 3 is 2.48 bits per heavy atom. The monoisotopic (exact) mass is 311 g/mol. The number of hydrogen-bond donors (Lipinski definition) is 0. The SMILES string of the molecule is CCN=C/C=C(C)/C=C\C=C(C)\C=C\C1=C(C)CCCC1(C)C. The van der Waals surface area contributed by atoms with Gasteiger partial charge in [-0.05, 0) is 69.6 Å². The lowest BCUT2D eigenvalue weighted by Crippen LogP contribution is -2.19. The molecule has 0 unspecified atom stereocenters. The molecule has 0 amide bonds. The fourth-order valence-corrected chi connectivity index (χ4v) is 2.96. The highest BCUT2D eigenvalue weighted by Crippen LogP contribution is 2.40. The van der Waals surface area contributed by atoms with E-state index in [9.17, 15) is 0 Å². The Bertz CT molecular complexity index is 563. The van der Waals surface area contributed by atoms with E-state index in [1.165, 1.54) is 36.0 Å². The molecule has 0 N–H and O–H groups in total. The molecule has 1 nitrogen and oxygen atoms in total. The molecule has 1 aliphatic carbocycles. The molecule has 23 heavy (non-hydrogen) atoms. The van der Waals surface area contributed by atoms with Crippen molar-refractivity contribution in [3.05, 3.63) is 58.7 Å². The van der Waals surface area contributed by atoms with Crippen molar-refractivity contribution >= 4 is 6.21 Å². The minimum Gasteiger partial charge on any atom is -0.293 e. The summed E-state index contributed by atoms with van der Waals surface area (Å²) in [5, 5.41) is 0. The van der Waals surface area contributed by atoms with E-state index in [1.54, 1.807) is 5.57 Å². The maximum Gasteiger partial charge on any atom is 0.0360 e. The molecule has 0 spiro atoms. The summed E-state index contributed by atoms with van der Waals surface area (Å²) in [5.41, 5.74) is 5.87. The molecule has 0 aliphatic heterocycles. The molecular formula is C22H33N. The van der Waals surface area contributed by atoms with Gasteiger partial charge < -0.3 is 0 Å². The maximum atomic E-state index is 4.19. The zero-order valence-electron chi connectivity index (χ0n) is 15.8. The van der Waals surface area contributed by atoms with Gasteiger partial charge >= 0.3 is 0 Å². The van der Waals surface area contributed by atoms with Gasteiger partial charge in [-0.3, -0.25) is 4.99 Å². The Kier molecular flexibility index (Phi) is 8.02. The zero-order chi connectivity index (χ0) is 17.3. The van der Waals surface area contributed by atoms with Crippen LogP contribution in [0.25, 0.3) is 0 Å². The number of nitrogens with zero attached hydrogens (tertiary/aromatic N) is 1. The van der Waals surface area contributed by atoms with E-state index in [2.05, 4.69) is 70.0 Å². The van der Waals surface area contributed by atoms with Crippen molar-refractivity contribution < 1.29 is 0 Å². The first-order valence-corrected chi connectivity index (χ1v) is 8.77. The average molecular weight is 312 g/mol. The molecule has 0 aromatic heterocycles. The van der Waals surface area contributed by atoms with Gasteiger partial charge in [-0.1, -0.05) is 55.4 Å². The Labute approximate surface area is 143 Å². The first-order valence-electron chi connectivity index (χ1n) is 8.77. The van der Waals surface area contributed by atoms with Crippen LogP contribution in [0.3, 0.4) is 0 Å². The highest BCUT2D eigenvalue weighted by Gasteiger charge is 2.26. The number of aliphatic imine (C=N–C) groups is 1. The fraction of sp³-hybridized carbons (Fsp3) is 0.500. The Morgan fingerprint density at radius 2 is 1.83 bits per heavy atom. The van der Waals surface area contributed by atoms with Gasteiger partial charge in [0.15, 0.2) is 0 Å². The Morgan fingerprint density at radius 1 is 1.13 bits per heavy atom. The summed E-state index contributed by atoms with van der Waals surface area (Å²) < 4.78 is 0. The highest BCUT2D eigenvalue weighted by atomic mass is 14.7. The van der Waals surface area contributed by atoms with Gasteiger partial charge in [0, 0.05) is 12.8 Å². The highest BCUT2D eigenvalue weighted by molar-refractivity contribution is 5.72. The molecule has 0 aromatic carbocycles. The lowest BCUT2D eigenvalue weighted by molar-refractivity contribution is 0.377. The van der Waals surface area contributed by atoms with Gasteiger partial charge in [-0.2, -0.15) is 0 Å². The summed E-state index contributed by atoms with van der Waals surface area (Å²) in [6, 6.07) is 0. The second-order valence-electron chi connectivity index (χ2n) is 7.09. The Hall–Kier alpha value is -1.63. The second-order valence-corrected chi connectivity index (χ2v) is 7.09. The molecule has 0 radical (unpaired) electrons. The summed E-state index contributed by atoms with van der Waals surface area (Å²) in [6.07, 6.45) is 18.7. The van der Waals surface area contributed by atoms with Crippen LogP contribution in [0.1, 0.15) is 60.8 Å². The predicted octanol–water partition coefficient (Wildman–Crippen LogP) is 6.61. The largest absolute Gasteiger partial charge is 0.293 e. The van der Waals surface area contributed by atoms with Crippen LogP contribution in [0.4, 0.5) is 0 Å². The van der Waals surface area contributed by atoms with Crippen molar-refractivity contribution in [1.29, 1.82) is 0 Å². The van der Waals surface area contributed by atoms with Crippen molar-refractivity contribution in [2.75, 3.05) is 6.54 Å². The molecule has 0 heterocycles. The third-order valence-electron chi connectivity index (χ3n) is 4.40. The molecule has 0 atom stereocenters. The lowest BCUT2D eigenvalue weighted by atomic mass is 9.72. The van der Waals surface area contributed by atoms with Crippen LogP contribution >= 0.6 is 0 Å². The van der Waals surface area contributed by atoms with Crippen molar-refractivity contribution in [3.63, 3.8) is 0 Å². The van der Waals surface area contributed by atoms with Gasteiger partial charge in [0.2, 0.25) is 0 Å². The molecule has 0 fully saturated rings. The first-order chi connectivity index (χ1) is 10.9. The molecular weight excluding hydrogens is 278 g/mol. The number of allylic oxidation sites excluding steroid dienone is 10. The van der Waals surface area contributed by atoms with Crippen LogP contribution in [-0.4, -0.2) is 12.8 Å². The van der Waals surface area contributed by atoms with E-state index in [4.69, 9.17) is 0 Å². The quantitative estimate of drug-likeness (QED) is 0.386. The summed E-state index contributed by atoms with van der Waals surface area (Å²) in [7, 11) is 0. The van der Waals surface area contributed by atoms with Crippen LogP contribution in [0.5, 0.6) is 0 Å². The first kappa shape index (κ1) is 19.4. The topological polar surface area (TPSA) is 12.4 Å². The van der Waals surface area contributed by atoms with Crippen LogP contribution in [-0.2, 0) is 0 Å². The van der Waals surface area contributed by atoms with Gasteiger partial charge in [-0.25, -0.2) is 0 Å². The van der Waals surface area contributed by atoms with Crippen molar-refractivity contribution in [1.82, 2.24) is 0 Å². The molecule has 0 aromatic rings. The van der Waals surface area contributed by atoms with Crippen LogP contribution in [0, 0.1) is 5.41 Å². The molecule has 1 heteroatoms. The van der Waals surface area contributed by atoms with E-state index in [-0.39, 0.29) is 0 Å². The molecule has 1 rings (SSSR count). The molecule has 1 aliphatic rings. The second kappa shape index (κ2) is 9.50. The Balaban J connectivity index is 2.73. The maximum absolute atomic E-state index is 4.19. The molecule has 126 valence electrons. The normalized spacial score (nSPS) is 20.4. The summed E-state index contributed by atoms with van der Waals surface area (Å²) in [5.74, 6) is 0. The van der Waals surface area contributed by atoms with Gasteiger partial charge in [0.1, 0.15) is 0 Å². The minimum atomic E-state index is 0.312. The lowest BCUT2D eigenvalue weighted by Gasteiger charge is -2.32. The zero-order valence-corrected chi connectivity index (χ0v) is 15.8. The number of rotatable bonds is 6. The molecule has 0 bridgehead atoms. The van der Waals surface area contributed by atoms with E-state index >= 15 is 0 Å². The van der Waals surface area contributed by atoms with Crippen LogP contribution < -0.4 is 0 Å². The number of hydrogen-bond acceptors (Lipinski definition) is 1. The van der Waals surface area contributed by atoms with Crippen molar-refractivity contribution in [2.45, 2.75) is 60.8 Å². The average Bonchev–Trinajstić information content (AvgIpc) is 2.46.